The summed E-state index contributed by atoms with van der Waals surface area (Å²) in [4.78, 5) is 20.0. The smallest absolute Gasteiger partial charge is 0.375 e. The number of hydrogen-bond donors (Lipinski definition) is 1. The molecule has 0 saturated heterocycles. The van der Waals surface area contributed by atoms with Gasteiger partial charge in [0.1, 0.15) is 5.69 Å². The maximum atomic E-state index is 12.6. The van der Waals surface area contributed by atoms with Crippen molar-refractivity contribution < 1.29 is 23.0 Å². The Labute approximate surface area is 133 Å². The average molecular weight is 341 g/mol. The monoisotopic (exact) mass is 341 g/mol. The first-order valence-electron chi connectivity index (χ1n) is 6.51. The second-order valence-corrected chi connectivity index (χ2v) is 4.76. The van der Waals surface area contributed by atoms with Crippen LogP contribution in [-0.4, -0.2) is 9.85 Å². The zero-order chi connectivity index (χ0) is 17.9. The number of nitrogens with one attached hydrogen (secondary N) is 1. The first kappa shape index (κ1) is 17.2. The molecule has 0 spiro atoms. The van der Waals surface area contributed by atoms with Gasteiger partial charge in [0.05, 0.1) is 15.4 Å². The number of anilines is 1. The van der Waals surface area contributed by atoms with Crippen LogP contribution in [0.5, 0.6) is 0 Å². The summed E-state index contributed by atoms with van der Waals surface area (Å²) in [6.07, 6.45) is -4.68. The summed E-state index contributed by atoms with van der Waals surface area (Å²) in [5.41, 5.74) is -1.43. The first-order valence-corrected chi connectivity index (χ1v) is 6.51. The molecule has 126 valence electrons. The minimum atomic E-state index is -4.68. The summed E-state index contributed by atoms with van der Waals surface area (Å²) in [5.74, 6) is 0. The molecule has 24 heavy (non-hydrogen) atoms. The third-order valence-electron chi connectivity index (χ3n) is 3.15. The van der Waals surface area contributed by atoms with Gasteiger partial charge in [0.25, 0.3) is 11.4 Å². The van der Waals surface area contributed by atoms with Gasteiger partial charge in [0.2, 0.25) is 0 Å². The number of rotatable bonds is 5. The van der Waals surface area contributed by atoms with Gasteiger partial charge in [-0.05, 0) is 17.7 Å². The standard InChI is InChI=1S/C14H10F3N3O4/c15-14(16,17)10-3-6-12(13(7-10)20(23)24)18-8-9-1-4-11(5-2-9)19(21)22/h1-7,18H,8H2. The molecule has 0 bridgehead atoms. The van der Waals surface area contributed by atoms with Crippen LogP contribution in [0.1, 0.15) is 11.1 Å². The number of hydrogen-bond acceptors (Lipinski definition) is 5. The molecule has 0 atom stereocenters. The van der Waals surface area contributed by atoms with Crippen LogP contribution >= 0.6 is 0 Å². The van der Waals surface area contributed by atoms with E-state index in [9.17, 15) is 33.4 Å². The highest BCUT2D eigenvalue weighted by molar-refractivity contribution is 5.63. The number of halogens is 3. The Morgan fingerprint density at radius 1 is 0.958 bits per heavy atom. The van der Waals surface area contributed by atoms with E-state index in [0.29, 0.717) is 11.6 Å². The molecule has 7 nitrogen and oxygen atoms in total. The van der Waals surface area contributed by atoms with Crippen LogP contribution in [0.4, 0.5) is 30.2 Å². The van der Waals surface area contributed by atoms with Crippen molar-refractivity contribution in [3.05, 3.63) is 73.8 Å². The van der Waals surface area contributed by atoms with Gasteiger partial charge in [-0.1, -0.05) is 12.1 Å². The highest BCUT2D eigenvalue weighted by Crippen LogP contribution is 2.35. The molecule has 1 N–H and O–H groups in total. The molecule has 0 aromatic heterocycles. The van der Waals surface area contributed by atoms with Gasteiger partial charge in [-0.15, -0.1) is 0 Å². The molecule has 2 aromatic rings. The van der Waals surface area contributed by atoms with Crippen molar-refractivity contribution in [1.29, 1.82) is 0 Å². The molecular weight excluding hydrogens is 331 g/mol. The molecule has 0 unspecified atom stereocenters. The SMILES string of the molecule is O=[N+]([O-])c1ccc(CNc2ccc(C(F)(F)F)cc2[N+](=O)[O-])cc1. The predicted molar refractivity (Wildman–Crippen MR) is 78.5 cm³/mol. The molecule has 10 heteroatoms. The van der Waals surface area contributed by atoms with E-state index in [0.717, 1.165) is 12.1 Å². The fourth-order valence-corrected chi connectivity index (χ4v) is 1.94. The van der Waals surface area contributed by atoms with E-state index < -0.39 is 27.3 Å². The van der Waals surface area contributed by atoms with E-state index in [1.165, 1.54) is 24.3 Å². The van der Waals surface area contributed by atoms with Crippen molar-refractivity contribution >= 4 is 17.1 Å². The molecule has 0 heterocycles. The Hall–Kier alpha value is -3.17. The van der Waals surface area contributed by atoms with Gasteiger partial charge in [0, 0.05) is 24.7 Å². The summed E-state index contributed by atoms with van der Waals surface area (Å²) in [6, 6.07) is 7.59. The zero-order valence-electron chi connectivity index (χ0n) is 11.9. The molecule has 0 amide bonds. The van der Waals surface area contributed by atoms with Crippen molar-refractivity contribution in [3.8, 4) is 0 Å². The molecular formula is C14H10F3N3O4. The number of nitrogens with zero attached hydrogens (tertiary/aromatic N) is 2. The molecule has 2 rings (SSSR count). The summed E-state index contributed by atoms with van der Waals surface area (Å²) < 4.78 is 37.9. The lowest BCUT2D eigenvalue weighted by atomic mass is 10.1. The number of alkyl halides is 3. The van der Waals surface area contributed by atoms with Crippen LogP contribution < -0.4 is 5.32 Å². The normalized spacial score (nSPS) is 11.1. The molecule has 0 aliphatic carbocycles. The molecule has 0 aliphatic heterocycles. The predicted octanol–water partition coefficient (Wildman–Crippen LogP) is 4.13. The molecule has 2 aromatic carbocycles. The summed E-state index contributed by atoms with van der Waals surface area (Å²) in [6.45, 7) is 0.0597. The highest BCUT2D eigenvalue weighted by atomic mass is 19.4. The lowest BCUT2D eigenvalue weighted by Crippen LogP contribution is -2.08. The Kier molecular flexibility index (Phi) is 4.67. The van der Waals surface area contributed by atoms with E-state index in [2.05, 4.69) is 5.32 Å². The Bertz CT molecular complexity index is 776. The van der Waals surface area contributed by atoms with E-state index >= 15 is 0 Å². The largest absolute Gasteiger partial charge is 0.416 e. The van der Waals surface area contributed by atoms with Gasteiger partial charge in [-0.25, -0.2) is 0 Å². The second-order valence-electron chi connectivity index (χ2n) is 4.76. The number of nitro benzene ring substituents is 2. The quantitative estimate of drug-likeness (QED) is 0.651. The minimum Gasteiger partial charge on any atom is -0.375 e. The van der Waals surface area contributed by atoms with E-state index in [1.54, 1.807) is 0 Å². The van der Waals surface area contributed by atoms with Crippen LogP contribution in [0.15, 0.2) is 42.5 Å². The molecule has 0 saturated carbocycles. The Morgan fingerprint density at radius 2 is 1.58 bits per heavy atom. The van der Waals surface area contributed by atoms with Crippen LogP contribution in [0.3, 0.4) is 0 Å². The second kappa shape index (κ2) is 6.52. The van der Waals surface area contributed by atoms with Gasteiger partial charge >= 0.3 is 6.18 Å². The lowest BCUT2D eigenvalue weighted by molar-refractivity contribution is -0.384. The average Bonchev–Trinajstić information content (AvgIpc) is 2.52. The van der Waals surface area contributed by atoms with Crippen LogP contribution in [-0.2, 0) is 12.7 Å². The lowest BCUT2D eigenvalue weighted by Gasteiger charge is -2.10. The van der Waals surface area contributed by atoms with E-state index in [4.69, 9.17) is 0 Å². The van der Waals surface area contributed by atoms with Crippen LogP contribution in [0, 0.1) is 20.2 Å². The third-order valence-corrected chi connectivity index (χ3v) is 3.15. The van der Waals surface area contributed by atoms with Crippen LogP contribution in [0.25, 0.3) is 0 Å². The van der Waals surface area contributed by atoms with Gasteiger partial charge < -0.3 is 5.32 Å². The minimum absolute atomic E-state index is 0.0597. The van der Waals surface area contributed by atoms with Crippen molar-refractivity contribution in [3.63, 3.8) is 0 Å². The fraction of sp³-hybridized carbons (Fsp3) is 0.143. The van der Waals surface area contributed by atoms with E-state index in [1.807, 2.05) is 0 Å². The number of nitro groups is 2. The zero-order valence-corrected chi connectivity index (χ0v) is 11.9. The molecule has 0 radical (unpaired) electrons. The van der Waals surface area contributed by atoms with Crippen molar-refractivity contribution in [2.45, 2.75) is 12.7 Å². The van der Waals surface area contributed by atoms with Gasteiger partial charge in [-0.3, -0.25) is 20.2 Å². The van der Waals surface area contributed by atoms with Crippen molar-refractivity contribution in [2.75, 3.05) is 5.32 Å². The molecule has 0 fully saturated rings. The summed E-state index contributed by atoms with van der Waals surface area (Å²) >= 11 is 0. The Morgan fingerprint density at radius 3 is 2.08 bits per heavy atom. The third kappa shape index (κ3) is 3.97. The number of non-ortho nitro benzene ring substituents is 1. The first-order chi connectivity index (χ1) is 11.2. The van der Waals surface area contributed by atoms with Crippen LogP contribution in [0.2, 0.25) is 0 Å². The highest BCUT2D eigenvalue weighted by Gasteiger charge is 2.33. The van der Waals surface area contributed by atoms with Gasteiger partial charge in [-0.2, -0.15) is 13.2 Å². The maximum Gasteiger partial charge on any atom is 0.416 e. The van der Waals surface area contributed by atoms with E-state index in [-0.39, 0.29) is 17.9 Å². The summed E-state index contributed by atoms with van der Waals surface area (Å²) in [5, 5.41) is 24.2. The molecule has 0 aliphatic rings. The van der Waals surface area contributed by atoms with Crippen molar-refractivity contribution in [1.82, 2.24) is 0 Å². The topological polar surface area (TPSA) is 98.3 Å². The van der Waals surface area contributed by atoms with Crippen molar-refractivity contribution in [2.24, 2.45) is 0 Å². The maximum absolute atomic E-state index is 12.6. The van der Waals surface area contributed by atoms with Gasteiger partial charge in [0.15, 0.2) is 0 Å². The number of benzene rings is 2. The summed E-state index contributed by atoms with van der Waals surface area (Å²) in [7, 11) is 0. The Balaban J connectivity index is 2.20. The fourth-order valence-electron chi connectivity index (χ4n) is 1.94.